The molecule has 1 saturated heterocycles. The van der Waals surface area contributed by atoms with Gasteiger partial charge in [0, 0.05) is 12.6 Å². The highest BCUT2D eigenvalue weighted by atomic mass is 16.3. The van der Waals surface area contributed by atoms with Crippen LogP contribution in [0.25, 0.3) is 11.0 Å². The van der Waals surface area contributed by atoms with Crippen molar-refractivity contribution in [2.75, 3.05) is 19.6 Å². The number of benzene rings is 2. The zero-order chi connectivity index (χ0) is 22.7. The summed E-state index contributed by atoms with van der Waals surface area (Å²) in [5.41, 5.74) is 2.81. The first-order valence-corrected chi connectivity index (χ1v) is 11.5. The summed E-state index contributed by atoms with van der Waals surface area (Å²) in [6.45, 7) is 9.13. The molecule has 0 saturated carbocycles. The Hall–Kier alpha value is -2.92. The molecule has 0 radical (unpaired) electrons. The van der Waals surface area contributed by atoms with Gasteiger partial charge in [0.25, 0.3) is 5.91 Å². The van der Waals surface area contributed by atoms with E-state index in [-0.39, 0.29) is 28.6 Å². The molecule has 0 bridgehead atoms. The highest BCUT2D eigenvalue weighted by molar-refractivity contribution is 5.93. The average Bonchev–Trinajstić information content (AvgIpc) is 2.79. The average molecular weight is 433 g/mol. The molecule has 5 nitrogen and oxygen atoms in total. The molecule has 1 aromatic heterocycles. The number of para-hydroxylation sites is 1. The molecule has 0 spiro atoms. The molecule has 2 aromatic carbocycles. The molecule has 168 valence electrons. The Kier molecular flexibility index (Phi) is 6.47. The number of nitrogens with one attached hydrogen (secondary N) is 1. The summed E-state index contributed by atoms with van der Waals surface area (Å²) in [5.74, 6) is -0.310. The number of hydrogen-bond acceptors (Lipinski definition) is 4. The molecule has 4 rings (SSSR count). The second-order valence-corrected chi connectivity index (χ2v) is 9.67. The molecule has 5 heteroatoms. The third-order valence-corrected chi connectivity index (χ3v) is 6.31. The van der Waals surface area contributed by atoms with Crippen LogP contribution in [0, 0.1) is 0 Å². The lowest BCUT2D eigenvalue weighted by atomic mass is 9.86. The molecule has 1 aliphatic heterocycles. The molecular weight excluding hydrogens is 400 g/mol. The van der Waals surface area contributed by atoms with E-state index in [0.717, 1.165) is 13.1 Å². The van der Waals surface area contributed by atoms with Gasteiger partial charge in [-0.25, -0.2) is 0 Å². The van der Waals surface area contributed by atoms with Gasteiger partial charge in [0.15, 0.2) is 11.2 Å². The van der Waals surface area contributed by atoms with Crippen LogP contribution in [-0.4, -0.2) is 30.4 Å². The van der Waals surface area contributed by atoms with Crippen LogP contribution in [0.3, 0.4) is 0 Å². The monoisotopic (exact) mass is 432 g/mol. The molecule has 1 aliphatic rings. The van der Waals surface area contributed by atoms with E-state index < -0.39 is 0 Å². The fourth-order valence-electron chi connectivity index (χ4n) is 4.39. The number of carbonyl (C=O) groups excluding carboxylic acids is 1. The minimum Gasteiger partial charge on any atom is -0.451 e. The normalized spacial score (nSPS) is 16.1. The molecule has 1 fully saturated rings. The highest BCUT2D eigenvalue weighted by Crippen LogP contribution is 2.28. The van der Waals surface area contributed by atoms with E-state index >= 15 is 0 Å². The van der Waals surface area contributed by atoms with Crippen LogP contribution in [0.1, 0.15) is 67.8 Å². The lowest BCUT2D eigenvalue weighted by molar-refractivity contribution is 0.0897. The maximum absolute atomic E-state index is 12.9. The fraction of sp³-hybridized carbons (Fsp3) is 0.407. The number of rotatable bonds is 5. The number of amides is 1. The summed E-state index contributed by atoms with van der Waals surface area (Å²) >= 11 is 0. The number of nitrogens with zero attached hydrogens (tertiary/aromatic N) is 1. The van der Waals surface area contributed by atoms with Crippen molar-refractivity contribution in [3.8, 4) is 0 Å². The van der Waals surface area contributed by atoms with E-state index in [1.165, 1.54) is 36.5 Å². The van der Waals surface area contributed by atoms with Gasteiger partial charge < -0.3 is 9.73 Å². The van der Waals surface area contributed by atoms with Crippen molar-refractivity contribution in [1.29, 1.82) is 0 Å². The summed E-state index contributed by atoms with van der Waals surface area (Å²) < 4.78 is 5.72. The van der Waals surface area contributed by atoms with Crippen molar-refractivity contribution < 1.29 is 9.21 Å². The Bertz CT molecular complexity index is 1140. The first-order chi connectivity index (χ1) is 15.3. The summed E-state index contributed by atoms with van der Waals surface area (Å²) in [7, 11) is 0. The minimum absolute atomic E-state index is 0.0502. The van der Waals surface area contributed by atoms with Crippen LogP contribution >= 0.6 is 0 Å². The molecular formula is C27H32N2O3. The van der Waals surface area contributed by atoms with Crippen LogP contribution in [0.4, 0.5) is 0 Å². The topological polar surface area (TPSA) is 62.6 Å². The van der Waals surface area contributed by atoms with Crippen LogP contribution in [-0.2, 0) is 5.41 Å². The summed E-state index contributed by atoms with van der Waals surface area (Å²) in [6, 6.07) is 17.1. The van der Waals surface area contributed by atoms with Crippen molar-refractivity contribution in [2.45, 2.75) is 51.5 Å². The second kappa shape index (κ2) is 9.29. The van der Waals surface area contributed by atoms with Gasteiger partial charge in [-0.05, 0) is 54.6 Å². The lowest BCUT2D eigenvalue weighted by Gasteiger charge is -2.35. The number of piperidine rings is 1. The molecule has 1 atom stereocenters. The first kappa shape index (κ1) is 22.3. The van der Waals surface area contributed by atoms with Crippen LogP contribution in [0.2, 0.25) is 0 Å². The quantitative estimate of drug-likeness (QED) is 0.613. The zero-order valence-electron chi connectivity index (χ0n) is 19.2. The van der Waals surface area contributed by atoms with Gasteiger partial charge in [0.1, 0.15) is 5.58 Å². The lowest BCUT2D eigenvalue weighted by Crippen LogP contribution is -2.40. The Morgan fingerprint density at radius 3 is 2.41 bits per heavy atom. The van der Waals surface area contributed by atoms with Gasteiger partial charge in [-0.3, -0.25) is 14.5 Å². The first-order valence-electron chi connectivity index (χ1n) is 11.5. The van der Waals surface area contributed by atoms with E-state index in [4.69, 9.17) is 4.42 Å². The van der Waals surface area contributed by atoms with E-state index in [2.05, 4.69) is 55.3 Å². The van der Waals surface area contributed by atoms with E-state index in [9.17, 15) is 9.59 Å². The maximum Gasteiger partial charge on any atom is 0.287 e. The number of carbonyl (C=O) groups is 1. The van der Waals surface area contributed by atoms with Gasteiger partial charge in [-0.2, -0.15) is 0 Å². The second-order valence-electron chi connectivity index (χ2n) is 9.67. The van der Waals surface area contributed by atoms with E-state index in [1.54, 1.807) is 24.3 Å². The molecule has 1 amide bonds. The molecule has 0 aliphatic carbocycles. The van der Waals surface area contributed by atoms with Crippen LogP contribution in [0.5, 0.6) is 0 Å². The zero-order valence-corrected chi connectivity index (χ0v) is 19.2. The third kappa shape index (κ3) is 4.94. The van der Waals surface area contributed by atoms with Crippen molar-refractivity contribution in [3.05, 3.63) is 81.7 Å². The van der Waals surface area contributed by atoms with E-state index in [0.29, 0.717) is 17.5 Å². The fourth-order valence-corrected chi connectivity index (χ4v) is 4.39. The molecule has 1 N–H and O–H groups in total. The predicted octanol–water partition coefficient (Wildman–Crippen LogP) is 5.05. The van der Waals surface area contributed by atoms with Gasteiger partial charge >= 0.3 is 0 Å². The smallest absolute Gasteiger partial charge is 0.287 e. The molecule has 3 aromatic rings. The van der Waals surface area contributed by atoms with Crippen LogP contribution in [0.15, 0.2) is 63.8 Å². The molecule has 32 heavy (non-hydrogen) atoms. The van der Waals surface area contributed by atoms with Crippen molar-refractivity contribution in [3.63, 3.8) is 0 Å². The van der Waals surface area contributed by atoms with Gasteiger partial charge in [0.05, 0.1) is 11.4 Å². The standard InChI is InChI=1S/C27H32N2O3/c1-27(2,3)20-13-11-19(12-14-20)22(29-15-7-4-8-16-29)18-28-26(31)25-17-23(30)21-9-5-6-10-24(21)32-25/h5-6,9-14,17,22H,4,7-8,15-16,18H2,1-3H3,(H,28,31)/t22-/m0/s1. The van der Waals surface area contributed by atoms with Gasteiger partial charge in [-0.1, -0.05) is 63.6 Å². The van der Waals surface area contributed by atoms with Gasteiger partial charge in [-0.15, -0.1) is 0 Å². The minimum atomic E-state index is -0.360. The summed E-state index contributed by atoms with van der Waals surface area (Å²) in [6.07, 6.45) is 3.59. The SMILES string of the molecule is CC(C)(C)c1ccc([C@H](CNC(=O)c2cc(=O)c3ccccc3o2)N2CCCCC2)cc1. The van der Waals surface area contributed by atoms with Gasteiger partial charge in [0.2, 0.25) is 0 Å². The Balaban J connectivity index is 1.55. The summed E-state index contributed by atoms with van der Waals surface area (Å²) in [5, 5.41) is 3.50. The third-order valence-electron chi connectivity index (χ3n) is 6.31. The van der Waals surface area contributed by atoms with E-state index in [1.807, 2.05) is 0 Å². The van der Waals surface area contributed by atoms with Crippen molar-refractivity contribution >= 4 is 16.9 Å². The Labute approximate surface area is 189 Å². The van der Waals surface area contributed by atoms with Crippen molar-refractivity contribution in [2.24, 2.45) is 0 Å². The molecule has 0 unspecified atom stereocenters. The highest BCUT2D eigenvalue weighted by Gasteiger charge is 2.24. The number of hydrogen-bond donors (Lipinski definition) is 1. The predicted molar refractivity (Wildman–Crippen MR) is 128 cm³/mol. The molecule has 2 heterocycles. The number of likely N-dealkylation sites (tertiary alicyclic amines) is 1. The Morgan fingerprint density at radius 1 is 1.03 bits per heavy atom. The van der Waals surface area contributed by atoms with Crippen molar-refractivity contribution in [1.82, 2.24) is 10.2 Å². The van der Waals surface area contributed by atoms with Crippen LogP contribution < -0.4 is 10.7 Å². The largest absolute Gasteiger partial charge is 0.451 e. The Morgan fingerprint density at radius 2 is 1.72 bits per heavy atom. The maximum atomic E-state index is 12.9. The number of fused-ring (bicyclic) bond motifs is 1. The summed E-state index contributed by atoms with van der Waals surface area (Å²) in [4.78, 5) is 27.7.